The number of benzene rings is 3. The summed E-state index contributed by atoms with van der Waals surface area (Å²) in [6.07, 6.45) is -0.585. The molecule has 1 saturated heterocycles. The van der Waals surface area contributed by atoms with Crippen LogP contribution in [0.4, 0.5) is 10.5 Å². The van der Waals surface area contributed by atoms with Gasteiger partial charge in [0.05, 0.1) is 6.54 Å². The van der Waals surface area contributed by atoms with Gasteiger partial charge in [0.25, 0.3) is 5.91 Å². The summed E-state index contributed by atoms with van der Waals surface area (Å²) in [4.78, 5) is 40.3. The minimum absolute atomic E-state index is 0.242. The normalized spacial score (nSPS) is 17.0. The van der Waals surface area contributed by atoms with Crippen LogP contribution in [-0.2, 0) is 16.1 Å². The van der Waals surface area contributed by atoms with Crippen molar-refractivity contribution in [3.8, 4) is 0 Å². The van der Waals surface area contributed by atoms with E-state index in [0.717, 1.165) is 23.1 Å². The standard InChI is InChI=1S/C29H31N3O4/c1-4-16-30-28(34)25-26(36-29(35)32(25)18-21-12-8-19(2)9-13-21)23-6-5-7-24(17-23)31-27(33)22-14-10-20(3)11-15-22/h5-15,17,25-26H,4,16,18H2,1-3H3,(H,30,34)(H,31,33)/t25-,26-/m0/s1. The van der Waals surface area contributed by atoms with Crippen molar-refractivity contribution < 1.29 is 19.1 Å². The maximum absolute atomic E-state index is 13.2. The van der Waals surface area contributed by atoms with Crippen molar-refractivity contribution in [2.75, 3.05) is 11.9 Å². The van der Waals surface area contributed by atoms with Gasteiger partial charge in [0.2, 0.25) is 5.91 Å². The SMILES string of the molecule is CCCNC(=O)[C@@H]1[C@H](c2cccc(NC(=O)c3ccc(C)cc3)c2)OC(=O)N1Cc1ccc(C)cc1. The van der Waals surface area contributed by atoms with Crippen LogP contribution in [0.2, 0.25) is 0 Å². The molecule has 0 aromatic heterocycles. The molecule has 1 aliphatic rings. The lowest BCUT2D eigenvalue weighted by atomic mass is 10.00. The maximum atomic E-state index is 13.2. The van der Waals surface area contributed by atoms with E-state index in [0.29, 0.717) is 23.4 Å². The monoisotopic (exact) mass is 485 g/mol. The highest BCUT2D eigenvalue weighted by atomic mass is 16.6. The van der Waals surface area contributed by atoms with Crippen molar-refractivity contribution in [2.45, 2.75) is 45.9 Å². The first-order valence-corrected chi connectivity index (χ1v) is 12.1. The molecule has 4 rings (SSSR count). The fraction of sp³-hybridized carbons (Fsp3) is 0.276. The number of cyclic esters (lactones) is 1. The molecule has 1 fully saturated rings. The first kappa shape index (κ1) is 25.0. The number of amides is 3. The van der Waals surface area contributed by atoms with E-state index in [1.54, 1.807) is 36.4 Å². The van der Waals surface area contributed by atoms with Gasteiger partial charge in [0.1, 0.15) is 0 Å². The summed E-state index contributed by atoms with van der Waals surface area (Å²) in [5.41, 5.74) is 4.82. The molecule has 2 atom stereocenters. The summed E-state index contributed by atoms with van der Waals surface area (Å²) in [6, 6.07) is 21.4. The quantitative estimate of drug-likeness (QED) is 0.462. The molecule has 186 valence electrons. The van der Waals surface area contributed by atoms with Crippen LogP contribution in [0.15, 0.2) is 72.8 Å². The summed E-state index contributed by atoms with van der Waals surface area (Å²) in [7, 11) is 0. The van der Waals surface area contributed by atoms with Crippen LogP contribution in [0.3, 0.4) is 0 Å². The maximum Gasteiger partial charge on any atom is 0.411 e. The van der Waals surface area contributed by atoms with Crippen molar-refractivity contribution in [3.63, 3.8) is 0 Å². The first-order chi connectivity index (χ1) is 17.4. The van der Waals surface area contributed by atoms with Gasteiger partial charge in [-0.3, -0.25) is 14.5 Å². The van der Waals surface area contributed by atoms with E-state index in [1.807, 2.05) is 57.2 Å². The predicted molar refractivity (Wildman–Crippen MR) is 139 cm³/mol. The second-order valence-corrected chi connectivity index (χ2v) is 9.10. The Morgan fingerprint density at radius 1 is 0.944 bits per heavy atom. The smallest absolute Gasteiger partial charge is 0.411 e. The molecule has 7 heteroatoms. The number of rotatable bonds is 8. The second-order valence-electron chi connectivity index (χ2n) is 9.10. The van der Waals surface area contributed by atoms with Crippen molar-refractivity contribution in [1.82, 2.24) is 10.2 Å². The molecule has 0 unspecified atom stereocenters. The Kier molecular flexibility index (Phi) is 7.68. The lowest BCUT2D eigenvalue weighted by molar-refractivity contribution is -0.126. The molecule has 0 spiro atoms. The third kappa shape index (κ3) is 5.74. The minimum atomic E-state index is -0.839. The van der Waals surface area contributed by atoms with E-state index >= 15 is 0 Å². The summed E-state index contributed by atoms with van der Waals surface area (Å²) in [6.45, 7) is 6.68. The van der Waals surface area contributed by atoms with Gasteiger partial charge in [0, 0.05) is 17.8 Å². The number of hydrogen-bond donors (Lipinski definition) is 2. The highest BCUT2D eigenvalue weighted by molar-refractivity contribution is 6.04. The van der Waals surface area contributed by atoms with Crippen LogP contribution < -0.4 is 10.6 Å². The summed E-state index contributed by atoms with van der Waals surface area (Å²) < 4.78 is 5.74. The Morgan fingerprint density at radius 2 is 1.61 bits per heavy atom. The number of hydrogen-bond acceptors (Lipinski definition) is 4. The van der Waals surface area contributed by atoms with Gasteiger partial charge in [-0.05, 0) is 55.7 Å². The number of nitrogens with zero attached hydrogens (tertiary/aromatic N) is 1. The molecule has 3 aromatic rings. The Labute approximate surface area is 211 Å². The molecular formula is C29H31N3O4. The average Bonchev–Trinajstić information content (AvgIpc) is 3.20. The van der Waals surface area contributed by atoms with Crippen LogP contribution >= 0.6 is 0 Å². The van der Waals surface area contributed by atoms with Crippen LogP contribution in [0, 0.1) is 13.8 Å². The van der Waals surface area contributed by atoms with Crippen molar-refractivity contribution >= 4 is 23.6 Å². The van der Waals surface area contributed by atoms with E-state index in [4.69, 9.17) is 4.74 Å². The van der Waals surface area contributed by atoms with Crippen LogP contribution in [-0.4, -0.2) is 35.4 Å². The topological polar surface area (TPSA) is 87.7 Å². The molecule has 1 heterocycles. The Hall–Kier alpha value is -4.13. The number of carbonyl (C=O) groups is 3. The number of ether oxygens (including phenoxy) is 1. The zero-order valence-corrected chi connectivity index (χ0v) is 20.8. The molecule has 36 heavy (non-hydrogen) atoms. The second kappa shape index (κ2) is 11.1. The first-order valence-electron chi connectivity index (χ1n) is 12.1. The fourth-order valence-corrected chi connectivity index (χ4v) is 4.15. The van der Waals surface area contributed by atoms with Gasteiger partial charge in [-0.1, -0.05) is 66.6 Å². The number of nitrogens with one attached hydrogen (secondary N) is 2. The number of aryl methyl sites for hydroxylation is 2. The van der Waals surface area contributed by atoms with E-state index in [2.05, 4.69) is 10.6 Å². The van der Waals surface area contributed by atoms with Gasteiger partial charge >= 0.3 is 6.09 Å². The lowest BCUT2D eigenvalue weighted by Gasteiger charge is -2.24. The van der Waals surface area contributed by atoms with E-state index in [9.17, 15) is 14.4 Å². The summed E-state index contributed by atoms with van der Waals surface area (Å²) in [5.74, 6) is -0.511. The fourth-order valence-electron chi connectivity index (χ4n) is 4.15. The third-order valence-corrected chi connectivity index (χ3v) is 6.16. The van der Waals surface area contributed by atoms with E-state index in [-0.39, 0.29) is 18.4 Å². The molecule has 0 aliphatic carbocycles. The molecule has 7 nitrogen and oxygen atoms in total. The molecule has 0 saturated carbocycles. The molecular weight excluding hydrogens is 454 g/mol. The van der Waals surface area contributed by atoms with Gasteiger partial charge in [-0.2, -0.15) is 0 Å². The third-order valence-electron chi connectivity index (χ3n) is 6.16. The highest BCUT2D eigenvalue weighted by Gasteiger charge is 2.46. The summed E-state index contributed by atoms with van der Waals surface area (Å²) in [5, 5.41) is 5.80. The Morgan fingerprint density at radius 3 is 2.28 bits per heavy atom. The Bertz CT molecular complexity index is 1240. The van der Waals surface area contributed by atoms with Gasteiger partial charge in [-0.25, -0.2) is 4.79 Å². The minimum Gasteiger partial charge on any atom is -0.438 e. The lowest BCUT2D eigenvalue weighted by Crippen LogP contribution is -2.46. The number of anilines is 1. The number of carbonyl (C=O) groups excluding carboxylic acids is 3. The van der Waals surface area contributed by atoms with Crippen LogP contribution in [0.5, 0.6) is 0 Å². The zero-order chi connectivity index (χ0) is 25.7. The van der Waals surface area contributed by atoms with Crippen LogP contribution in [0.25, 0.3) is 0 Å². The van der Waals surface area contributed by atoms with Crippen molar-refractivity contribution in [3.05, 3.63) is 101 Å². The van der Waals surface area contributed by atoms with Crippen molar-refractivity contribution in [1.29, 1.82) is 0 Å². The molecule has 3 amide bonds. The largest absolute Gasteiger partial charge is 0.438 e. The van der Waals surface area contributed by atoms with E-state index < -0.39 is 18.2 Å². The predicted octanol–water partition coefficient (Wildman–Crippen LogP) is 5.14. The van der Waals surface area contributed by atoms with Gasteiger partial charge in [-0.15, -0.1) is 0 Å². The highest BCUT2D eigenvalue weighted by Crippen LogP contribution is 2.35. The molecule has 0 radical (unpaired) electrons. The van der Waals surface area contributed by atoms with Crippen molar-refractivity contribution in [2.24, 2.45) is 0 Å². The molecule has 3 aromatic carbocycles. The average molecular weight is 486 g/mol. The van der Waals surface area contributed by atoms with Gasteiger partial charge in [0.15, 0.2) is 12.1 Å². The zero-order valence-electron chi connectivity index (χ0n) is 20.8. The summed E-state index contributed by atoms with van der Waals surface area (Å²) >= 11 is 0. The van der Waals surface area contributed by atoms with E-state index in [1.165, 1.54) is 4.90 Å². The molecule has 1 aliphatic heterocycles. The Balaban J connectivity index is 1.59. The molecule has 0 bridgehead atoms. The van der Waals surface area contributed by atoms with Crippen LogP contribution in [0.1, 0.15) is 52.1 Å². The van der Waals surface area contributed by atoms with Gasteiger partial charge < -0.3 is 15.4 Å². The molecule has 2 N–H and O–H groups in total.